The number of nitrogens with one attached hydrogen (secondary N) is 1. The van der Waals surface area contributed by atoms with E-state index in [1.165, 1.54) is 18.2 Å². The molecule has 0 spiro atoms. The van der Waals surface area contributed by atoms with E-state index >= 15 is 0 Å². The number of hydrogen-bond donors (Lipinski definition) is 1. The zero-order valence-electron chi connectivity index (χ0n) is 9.78. The van der Waals surface area contributed by atoms with Crippen LogP contribution in [0.4, 0.5) is 11.4 Å². The van der Waals surface area contributed by atoms with Gasteiger partial charge in [-0.05, 0) is 12.1 Å². The first kappa shape index (κ1) is 13.4. The molecule has 0 aliphatic carbocycles. The zero-order chi connectivity index (χ0) is 13.2. The largest absolute Gasteiger partial charge is 0.320 e. The highest BCUT2D eigenvalue weighted by Crippen LogP contribution is 2.29. The molecule has 1 amide bonds. The topological polar surface area (TPSA) is 72.2 Å². The molecule has 0 unspecified atom stereocenters. The van der Waals surface area contributed by atoms with Crippen molar-refractivity contribution in [2.24, 2.45) is 5.41 Å². The fourth-order valence-electron chi connectivity index (χ4n) is 1.07. The third-order valence-electron chi connectivity index (χ3n) is 2.09. The molecular weight excluding hydrogens is 244 g/mol. The molecule has 0 fully saturated rings. The van der Waals surface area contributed by atoms with Crippen molar-refractivity contribution in [3.63, 3.8) is 0 Å². The maximum atomic E-state index is 11.7. The first-order valence-corrected chi connectivity index (χ1v) is 5.35. The summed E-state index contributed by atoms with van der Waals surface area (Å²) in [5, 5.41) is 13.6. The van der Waals surface area contributed by atoms with Crippen molar-refractivity contribution in [2.45, 2.75) is 20.8 Å². The van der Waals surface area contributed by atoms with Crippen molar-refractivity contribution < 1.29 is 9.72 Å². The van der Waals surface area contributed by atoms with Crippen LogP contribution in [0.5, 0.6) is 0 Å². The maximum Gasteiger partial charge on any atom is 0.294 e. The summed E-state index contributed by atoms with van der Waals surface area (Å²) in [5.74, 6) is -0.289. The minimum atomic E-state index is -0.618. The van der Waals surface area contributed by atoms with Crippen LogP contribution in [0.3, 0.4) is 0 Å². The summed E-state index contributed by atoms with van der Waals surface area (Å²) in [6, 6.07) is 4.12. The molecule has 0 aromatic heterocycles. The molecule has 1 aromatic rings. The quantitative estimate of drug-likeness (QED) is 0.652. The third-order valence-corrected chi connectivity index (χ3v) is 2.32. The number of carbonyl (C=O) groups excluding carboxylic acids is 1. The van der Waals surface area contributed by atoms with Crippen LogP contribution in [0.15, 0.2) is 18.2 Å². The molecule has 1 N–H and O–H groups in total. The minimum Gasteiger partial charge on any atom is -0.320 e. The van der Waals surface area contributed by atoms with Gasteiger partial charge in [-0.3, -0.25) is 14.9 Å². The predicted octanol–water partition coefficient (Wildman–Crippen LogP) is 3.23. The Balaban J connectivity index is 3.07. The molecule has 0 saturated heterocycles. The van der Waals surface area contributed by atoms with Crippen LogP contribution in [0.1, 0.15) is 20.8 Å². The highest BCUT2D eigenvalue weighted by atomic mass is 35.5. The molecule has 0 aliphatic heterocycles. The fourth-order valence-corrected chi connectivity index (χ4v) is 1.24. The highest BCUT2D eigenvalue weighted by Gasteiger charge is 2.24. The van der Waals surface area contributed by atoms with E-state index in [2.05, 4.69) is 5.32 Å². The molecule has 1 rings (SSSR count). The van der Waals surface area contributed by atoms with E-state index in [0.29, 0.717) is 0 Å². The Hall–Kier alpha value is -1.62. The number of amides is 1. The number of benzene rings is 1. The van der Waals surface area contributed by atoms with Gasteiger partial charge in [-0.2, -0.15) is 0 Å². The van der Waals surface area contributed by atoms with Crippen LogP contribution in [0.25, 0.3) is 0 Å². The average Bonchev–Trinajstić information content (AvgIpc) is 2.18. The van der Waals surface area contributed by atoms with Crippen LogP contribution in [0, 0.1) is 15.5 Å². The van der Waals surface area contributed by atoms with Gasteiger partial charge in [-0.25, -0.2) is 0 Å². The molecule has 92 valence electrons. The van der Waals surface area contributed by atoms with E-state index in [0.717, 1.165) is 0 Å². The number of halogens is 1. The number of nitro groups is 1. The highest BCUT2D eigenvalue weighted by molar-refractivity contribution is 6.31. The summed E-state index contributed by atoms with van der Waals surface area (Å²) in [5.41, 5.74) is -0.678. The monoisotopic (exact) mass is 256 g/mol. The molecule has 1 aromatic carbocycles. The summed E-state index contributed by atoms with van der Waals surface area (Å²) in [6.07, 6.45) is 0. The van der Waals surface area contributed by atoms with E-state index in [9.17, 15) is 14.9 Å². The van der Waals surface area contributed by atoms with Gasteiger partial charge in [0.25, 0.3) is 5.69 Å². The molecule has 0 atom stereocenters. The number of nitrogens with zero attached hydrogens (tertiary/aromatic N) is 1. The lowest BCUT2D eigenvalue weighted by molar-refractivity contribution is -0.383. The van der Waals surface area contributed by atoms with E-state index < -0.39 is 10.3 Å². The van der Waals surface area contributed by atoms with Crippen molar-refractivity contribution in [3.05, 3.63) is 33.3 Å². The Morgan fingerprint density at radius 3 is 2.47 bits per heavy atom. The van der Waals surface area contributed by atoms with Crippen LogP contribution < -0.4 is 5.32 Å². The zero-order valence-corrected chi connectivity index (χ0v) is 10.5. The molecular formula is C11H13ClN2O3. The Kier molecular flexibility index (Phi) is 3.72. The van der Waals surface area contributed by atoms with Gasteiger partial charge in [0.15, 0.2) is 0 Å². The van der Waals surface area contributed by atoms with Crippen molar-refractivity contribution in [3.8, 4) is 0 Å². The molecule has 5 nitrogen and oxygen atoms in total. The lowest BCUT2D eigenvalue weighted by Crippen LogP contribution is -2.27. The average molecular weight is 257 g/mol. The summed E-state index contributed by atoms with van der Waals surface area (Å²) >= 11 is 5.67. The summed E-state index contributed by atoms with van der Waals surface area (Å²) in [6.45, 7) is 5.18. The second-order valence-electron chi connectivity index (χ2n) is 4.62. The van der Waals surface area contributed by atoms with Gasteiger partial charge in [0, 0.05) is 16.5 Å². The Bertz CT molecular complexity index is 466. The standard InChI is InChI=1S/C11H13ClN2O3/c1-11(2,3)10(15)13-8-5-4-7(12)6-9(8)14(16)17/h4-6H,1-3H3,(H,13,15). The number of anilines is 1. The van der Waals surface area contributed by atoms with E-state index in [-0.39, 0.29) is 22.3 Å². The van der Waals surface area contributed by atoms with Crippen LogP contribution in [-0.2, 0) is 4.79 Å². The molecule has 17 heavy (non-hydrogen) atoms. The summed E-state index contributed by atoms with van der Waals surface area (Å²) < 4.78 is 0. The van der Waals surface area contributed by atoms with Gasteiger partial charge >= 0.3 is 0 Å². The molecule has 0 saturated carbocycles. The Morgan fingerprint density at radius 1 is 1.41 bits per heavy atom. The number of rotatable bonds is 2. The molecule has 0 aliphatic rings. The summed E-state index contributed by atoms with van der Waals surface area (Å²) in [7, 11) is 0. The molecule has 6 heteroatoms. The van der Waals surface area contributed by atoms with Crippen molar-refractivity contribution in [1.29, 1.82) is 0 Å². The Morgan fingerprint density at radius 2 is 2.00 bits per heavy atom. The first-order valence-electron chi connectivity index (χ1n) is 4.97. The number of hydrogen-bond acceptors (Lipinski definition) is 3. The van der Waals surface area contributed by atoms with Crippen molar-refractivity contribution in [2.75, 3.05) is 5.32 Å². The van der Waals surface area contributed by atoms with Gasteiger partial charge in [-0.15, -0.1) is 0 Å². The second kappa shape index (κ2) is 4.71. The van der Waals surface area contributed by atoms with Gasteiger partial charge in [-0.1, -0.05) is 32.4 Å². The SMILES string of the molecule is CC(C)(C)C(=O)Nc1ccc(Cl)cc1[N+](=O)[O-]. The second-order valence-corrected chi connectivity index (χ2v) is 5.06. The Labute approximate surface area is 104 Å². The maximum absolute atomic E-state index is 11.7. The molecule has 0 heterocycles. The fraction of sp³-hybridized carbons (Fsp3) is 0.364. The van der Waals surface area contributed by atoms with Crippen LogP contribution >= 0.6 is 11.6 Å². The van der Waals surface area contributed by atoms with Crippen LogP contribution in [0.2, 0.25) is 5.02 Å². The van der Waals surface area contributed by atoms with E-state index in [1.54, 1.807) is 20.8 Å². The summed E-state index contributed by atoms with van der Waals surface area (Å²) in [4.78, 5) is 21.9. The van der Waals surface area contributed by atoms with E-state index in [1.807, 2.05) is 0 Å². The third kappa shape index (κ3) is 3.42. The van der Waals surface area contributed by atoms with Gasteiger partial charge in [0.1, 0.15) is 5.69 Å². The van der Waals surface area contributed by atoms with Gasteiger partial charge < -0.3 is 5.32 Å². The van der Waals surface area contributed by atoms with E-state index in [4.69, 9.17) is 11.6 Å². The molecule has 0 radical (unpaired) electrons. The van der Waals surface area contributed by atoms with Gasteiger partial charge in [0.05, 0.1) is 4.92 Å². The first-order chi connectivity index (χ1) is 7.71. The molecule has 0 bridgehead atoms. The smallest absolute Gasteiger partial charge is 0.294 e. The van der Waals surface area contributed by atoms with Gasteiger partial charge in [0.2, 0.25) is 5.91 Å². The number of carbonyl (C=O) groups is 1. The van der Waals surface area contributed by atoms with Crippen molar-refractivity contribution in [1.82, 2.24) is 0 Å². The lowest BCUT2D eigenvalue weighted by Gasteiger charge is -2.17. The lowest BCUT2D eigenvalue weighted by atomic mass is 9.95. The normalized spacial score (nSPS) is 11.1. The van der Waals surface area contributed by atoms with Crippen LogP contribution in [-0.4, -0.2) is 10.8 Å². The minimum absolute atomic E-state index is 0.152. The number of nitro benzene ring substituents is 1. The predicted molar refractivity (Wildman–Crippen MR) is 66.2 cm³/mol. The van der Waals surface area contributed by atoms with Crippen molar-refractivity contribution >= 4 is 28.9 Å².